The van der Waals surface area contributed by atoms with Gasteiger partial charge in [-0.05, 0) is 5.92 Å². The Kier molecular flexibility index (Phi) is 4.90. The highest BCUT2D eigenvalue weighted by Gasteiger charge is 2.13. The van der Waals surface area contributed by atoms with Crippen molar-refractivity contribution in [2.24, 2.45) is 11.8 Å². The van der Waals surface area contributed by atoms with Crippen LogP contribution in [-0.4, -0.2) is 23.8 Å². The van der Waals surface area contributed by atoms with Crippen molar-refractivity contribution in [1.29, 1.82) is 0 Å². The second-order valence-electron chi connectivity index (χ2n) is 3.60. The highest BCUT2D eigenvalue weighted by Crippen LogP contribution is 2.03. The predicted octanol–water partition coefficient (Wildman–Crippen LogP) is 1.20. The summed E-state index contributed by atoms with van der Waals surface area (Å²) < 4.78 is 4.84. The molecule has 1 atom stereocenters. The minimum atomic E-state index is -0.548. The van der Waals surface area contributed by atoms with Crippen LogP contribution in [0.1, 0.15) is 27.7 Å². The smallest absolute Gasteiger partial charge is 0.308 e. The number of esters is 1. The van der Waals surface area contributed by atoms with Gasteiger partial charge in [0.1, 0.15) is 6.61 Å². The number of carbonyl (C=O) groups is 1. The molecule has 0 heterocycles. The normalized spacial score (nSPS) is 13.6. The Morgan fingerprint density at radius 3 is 2.17 bits per heavy atom. The van der Waals surface area contributed by atoms with E-state index in [2.05, 4.69) is 0 Å². The number of rotatable bonds is 4. The summed E-state index contributed by atoms with van der Waals surface area (Å²) in [7, 11) is 0. The number of ether oxygens (including phenoxy) is 1. The molecule has 3 heteroatoms. The van der Waals surface area contributed by atoms with Crippen molar-refractivity contribution in [3.63, 3.8) is 0 Å². The van der Waals surface area contributed by atoms with E-state index in [-0.39, 0.29) is 24.4 Å². The molecule has 0 aliphatic carbocycles. The molecule has 0 aromatic carbocycles. The second-order valence-corrected chi connectivity index (χ2v) is 3.60. The van der Waals surface area contributed by atoms with Gasteiger partial charge in [0.15, 0.2) is 0 Å². The van der Waals surface area contributed by atoms with E-state index in [9.17, 15) is 9.90 Å². The van der Waals surface area contributed by atoms with E-state index in [0.29, 0.717) is 0 Å². The van der Waals surface area contributed by atoms with E-state index < -0.39 is 6.10 Å². The van der Waals surface area contributed by atoms with Gasteiger partial charge in [-0.25, -0.2) is 0 Å². The van der Waals surface area contributed by atoms with Gasteiger partial charge < -0.3 is 9.84 Å². The van der Waals surface area contributed by atoms with Crippen molar-refractivity contribution in [2.45, 2.75) is 33.8 Å². The van der Waals surface area contributed by atoms with Crippen LogP contribution in [0.2, 0.25) is 0 Å². The van der Waals surface area contributed by atoms with Gasteiger partial charge in [-0.2, -0.15) is 0 Å². The van der Waals surface area contributed by atoms with Crippen molar-refractivity contribution in [3.8, 4) is 0 Å². The summed E-state index contributed by atoms with van der Waals surface area (Å²) in [6, 6.07) is 0. The molecule has 1 N–H and O–H groups in total. The number of carbonyl (C=O) groups excluding carboxylic acids is 1. The number of aliphatic hydroxyl groups excluding tert-OH is 1. The summed E-state index contributed by atoms with van der Waals surface area (Å²) in [5.41, 5.74) is 0. The molecule has 0 aliphatic rings. The Morgan fingerprint density at radius 2 is 1.83 bits per heavy atom. The van der Waals surface area contributed by atoms with Crippen LogP contribution in [0.4, 0.5) is 0 Å². The fourth-order valence-corrected chi connectivity index (χ4v) is 0.527. The summed E-state index contributed by atoms with van der Waals surface area (Å²) in [6.07, 6.45) is -0.548. The van der Waals surface area contributed by atoms with Gasteiger partial charge in [0.2, 0.25) is 0 Å². The van der Waals surface area contributed by atoms with Crippen LogP contribution in [0, 0.1) is 11.8 Å². The zero-order valence-corrected chi connectivity index (χ0v) is 8.20. The molecule has 1 unspecified atom stereocenters. The number of aliphatic hydroxyl groups is 1. The summed E-state index contributed by atoms with van der Waals surface area (Å²) in [6.45, 7) is 7.41. The molecular weight excluding hydrogens is 156 g/mol. The third kappa shape index (κ3) is 4.34. The van der Waals surface area contributed by atoms with Crippen molar-refractivity contribution in [1.82, 2.24) is 0 Å². The quantitative estimate of drug-likeness (QED) is 0.651. The Labute approximate surface area is 73.7 Å². The maximum absolute atomic E-state index is 10.9. The molecule has 72 valence electrons. The van der Waals surface area contributed by atoms with Crippen molar-refractivity contribution in [2.75, 3.05) is 6.61 Å². The summed E-state index contributed by atoms with van der Waals surface area (Å²) in [5.74, 6) is -0.246. The van der Waals surface area contributed by atoms with Crippen LogP contribution in [-0.2, 0) is 9.53 Å². The molecule has 0 radical (unpaired) electrons. The molecule has 0 aromatic heterocycles. The minimum Gasteiger partial charge on any atom is -0.463 e. The lowest BCUT2D eigenvalue weighted by atomic mass is 10.1. The zero-order chi connectivity index (χ0) is 9.72. The van der Waals surface area contributed by atoms with E-state index in [4.69, 9.17) is 4.74 Å². The standard InChI is InChI=1S/C9H18O3/c1-6(2)8(10)5-12-9(11)7(3)4/h6-8,10H,5H2,1-4H3. The molecule has 0 fully saturated rings. The third-order valence-corrected chi connectivity index (χ3v) is 1.64. The molecule has 0 rings (SSSR count). The lowest BCUT2D eigenvalue weighted by molar-refractivity contribution is -0.151. The van der Waals surface area contributed by atoms with E-state index in [1.165, 1.54) is 0 Å². The van der Waals surface area contributed by atoms with Crippen LogP contribution in [0.5, 0.6) is 0 Å². The van der Waals surface area contributed by atoms with Crippen molar-refractivity contribution < 1.29 is 14.6 Å². The van der Waals surface area contributed by atoms with Crippen molar-refractivity contribution in [3.05, 3.63) is 0 Å². The highest BCUT2D eigenvalue weighted by atomic mass is 16.5. The monoisotopic (exact) mass is 174 g/mol. The SMILES string of the molecule is CC(C)C(=O)OCC(O)C(C)C. The fraction of sp³-hybridized carbons (Fsp3) is 0.889. The molecule has 0 bridgehead atoms. The zero-order valence-electron chi connectivity index (χ0n) is 8.20. The first-order valence-electron chi connectivity index (χ1n) is 4.29. The maximum atomic E-state index is 10.9. The second kappa shape index (κ2) is 5.14. The van der Waals surface area contributed by atoms with Gasteiger partial charge in [-0.1, -0.05) is 27.7 Å². The van der Waals surface area contributed by atoms with Crippen LogP contribution < -0.4 is 0 Å². The first-order valence-corrected chi connectivity index (χ1v) is 4.29. The average Bonchev–Trinajstić information content (AvgIpc) is 1.98. The van der Waals surface area contributed by atoms with Gasteiger partial charge in [0.25, 0.3) is 0 Å². The number of hydrogen-bond acceptors (Lipinski definition) is 3. The Balaban J connectivity index is 3.61. The maximum Gasteiger partial charge on any atom is 0.308 e. The molecular formula is C9H18O3. The minimum absolute atomic E-state index is 0.106. The van der Waals surface area contributed by atoms with E-state index in [0.717, 1.165) is 0 Å². The number of hydrogen-bond donors (Lipinski definition) is 1. The summed E-state index contributed by atoms with van der Waals surface area (Å²) >= 11 is 0. The van der Waals surface area contributed by atoms with Gasteiger partial charge in [0, 0.05) is 0 Å². The van der Waals surface area contributed by atoms with Gasteiger partial charge in [-0.15, -0.1) is 0 Å². The molecule has 0 aliphatic heterocycles. The van der Waals surface area contributed by atoms with Crippen LogP contribution in [0.25, 0.3) is 0 Å². The molecule has 0 saturated carbocycles. The molecule has 12 heavy (non-hydrogen) atoms. The lowest BCUT2D eigenvalue weighted by Crippen LogP contribution is -2.25. The van der Waals surface area contributed by atoms with Crippen molar-refractivity contribution >= 4 is 5.97 Å². The van der Waals surface area contributed by atoms with Crippen LogP contribution in [0.15, 0.2) is 0 Å². The molecule has 0 amide bonds. The van der Waals surface area contributed by atoms with Gasteiger partial charge >= 0.3 is 5.97 Å². The predicted molar refractivity (Wildman–Crippen MR) is 46.6 cm³/mol. The summed E-state index contributed by atoms with van der Waals surface area (Å²) in [5, 5.41) is 9.28. The molecule has 3 nitrogen and oxygen atoms in total. The fourth-order valence-electron chi connectivity index (χ4n) is 0.527. The Morgan fingerprint density at radius 1 is 1.33 bits per heavy atom. The van der Waals surface area contributed by atoms with Gasteiger partial charge in [-0.3, -0.25) is 4.79 Å². The molecule has 0 spiro atoms. The topological polar surface area (TPSA) is 46.5 Å². The van der Waals surface area contributed by atoms with Crippen LogP contribution >= 0.6 is 0 Å². The average molecular weight is 174 g/mol. The first-order chi connectivity index (χ1) is 5.45. The molecule has 0 aromatic rings. The molecule has 0 saturated heterocycles. The van der Waals surface area contributed by atoms with Gasteiger partial charge in [0.05, 0.1) is 12.0 Å². The van der Waals surface area contributed by atoms with E-state index in [1.807, 2.05) is 13.8 Å². The lowest BCUT2D eigenvalue weighted by Gasteiger charge is -2.15. The summed E-state index contributed by atoms with van der Waals surface area (Å²) in [4.78, 5) is 10.9. The van der Waals surface area contributed by atoms with Crippen LogP contribution in [0.3, 0.4) is 0 Å². The largest absolute Gasteiger partial charge is 0.463 e. The Bertz CT molecular complexity index is 141. The Hall–Kier alpha value is -0.570. The highest BCUT2D eigenvalue weighted by molar-refractivity contribution is 5.71. The van der Waals surface area contributed by atoms with E-state index >= 15 is 0 Å². The van der Waals surface area contributed by atoms with E-state index in [1.54, 1.807) is 13.8 Å². The third-order valence-electron chi connectivity index (χ3n) is 1.64. The first kappa shape index (κ1) is 11.4.